The second-order valence-electron chi connectivity index (χ2n) is 11.0. The summed E-state index contributed by atoms with van der Waals surface area (Å²) in [6, 6.07) is 13.2. The SMILES string of the molecule is COc1cc2ncnc(-c3cn(C)nc3-c3ccccc3)c2cc1NC(=O)[C@H]1CCN(C(=O)OC(C)(C)C)C[C@@H]1F. The Balaban J connectivity index is 1.43. The molecule has 3 heterocycles. The number of benzene rings is 2. The number of fused-ring (bicyclic) bond motifs is 1. The van der Waals surface area contributed by atoms with Gasteiger partial charge in [0.15, 0.2) is 0 Å². The van der Waals surface area contributed by atoms with Crippen LogP contribution in [-0.4, -0.2) is 68.6 Å². The van der Waals surface area contributed by atoms with Crippen molar-refractivity contribution in [1.29, 1.82) is 0 Å². The maximum atomic E-state index is 15.2. The van der Waals surface area contributed by atoms with Gasteiger partial charge < -0.3 is 19.7 Å². The molecule has 2 amide bonds. The molecule has 2 atom stereocenters. The van der Waals surface area contributed by atoms with Crippen LogP contribution >= 0.6 is 0 Å². The lowest BCUT2D eigenvalue weighted by atomic mass is 9.94. The molecule has 0 spiro atoms. The number of aromatic nitrogens is 4. The summed E-state index contributed by atoms with van der Waals surface area (Å²) < 4.78 is 27.8. The number of piperidine rings is 1. The number of carbonyl (C=O) groups excluding carboxylic acids is 2. The van der Waals surface area contributed by atoms with Gasteiger partial charge in [0.2, 0.25) is 5.91 Å². The fraction of sp³-hybridized carbons (Fsp3) is 0.367. The number of aryl methyl sites for hydroxylation is 1. The number of nitrogens with zero attached hydrogens (tertiary/aromatic N) is 5. The zero-order chi connectivity index (χ0) is 29.3. The number of carbonyl (C=O) groups is 2. The number of alkyl halides is 1. The Morgan fingerprint density at radius 3 is 2.54 bits per heavy atom. The Labute approximate surface area is 237 Å². The van der Waals surface area contributed by atoms with Crippen molar-refractivity contribution in [2.75, 3.05) is 25.5 Å². The highest BCUT2D eigenvalue weighted by Crippen LogP contribution is 2.37. The second-order valence-corrected chi connectivity index (χ2v) is 11.0. The number of hydrogen-bond acceptors (Lipinski definition) is 7. The Hall–Kier alpha value is -4.54. The van der Waals surface area contributed by atoms with Gasteiger partial charge in [-0.2, -0.15) is 5.10 Å². The number of hydrogen-bond donors (Lipinski definition) is 1. The molecule has 0 radical (unpaired) electrons. The Bertz CT molecular complexity index is 1580. The number of ether oxygens (including phenoxy) is 2. The average Bonchev–Trinajstić information content (AvgIpc) is 3.33. The van der Waals surface area contributed by atoms with Crippen LogP contribution in [0.25, 0.3) is 33.4 Å². The predicted molar refractivity (Wildman–Crippen MR) is 153 cm³/mol. The van der Waals surface area contributed by atoms with Gasteiger partial charge in [0.05, 0.1) is 36.5 Å². The molecule has 41 heavy (non-hydrogen) atoms. The van der Waals surface area contributed by atoms with Crippen LogP contribution in [0.1, 0.15) is 27.2 Å². The van der Waals surface area contributed by atoms with Gasteiger partial charge in [-0.15, -0.1) is 0 Å². The molecular weight excluding hydrogens is 527 g/mol. The lowest BCUT2D eigenvalue weighted by molar-refractivity contribution is -0.123. The normalized spacial score (nSPS) is 17.4. The fourth-order valence-corrected chi connectivity index (χ4v) is 4.95. The van der Waals surface area contributed by atoms with E-state index in [0.717, 1.165) is 16.8 Å². The molecule has 2 aromatic carbocycles. The van der Waals surface area contributed by atoms with Gasteiger partial charge in [-0.05, 0) is 33.3 Å². The largest absolute Gasteiger partial charge is 0.494 e. The summed E-state index contributed by atoms with van der Waals surface area (Å²) in [5, 5.41) is 8.18. The highest BCUT2D eigenvalue weighted by molar-refractivity contribution is 6.02. The van der Waals surface area contributed by atoms with Gasteiger partial charge in [0.1, 0.15) is 29.5 Å². The smallest absolute Gasteiger partial charge is 0.410 e. The zero-order valence-electron chi connectivity index (χ0n) is 23.7. The van der Waals surface area contributed by atoms with E-state index >= 15 is 4.39 Å². The van der Waals surface area contributed by atoms with Gasteiger partial charge >= 0.3 is 6.09 Å². The van der Waals surface area contributed by atoms with Gasteiger partial charge in [-0.3, -0.25) is 9.48 Å². The molecule has 1 N–H and O–H groups in total. The Morgan fingerprint density at radius 1 is 1.10 bits per heavy atom. The maximum Gasteiger partial charge on any atom is 0.410 e. The van der Waals surface area contributed by atoms with Crippen molar-refractivity contribution in [1.82, 2.24) is 24.6 Å². The highest BCUT2D eigenvalue weighted by atomic mass is 19.1. The van der Waals surface area contributed by atoms with Crippen molar-refractivity contribution in [2.24, 2.45) is 13.0 Å². The van der Waals surface area contributed by atoms with Crippen LogP contribution in [0.2, 0.25) is 0 Å². The predicted octanol–water partition coefficient (Wildman–Crippen LogP) is 5.24. The molecule has 1 saturated heterocycles. The molecular formula is C30H33FN6O4. The maximum absolute atomic E-state index is 15.2. The van der Waals surface area contributed by atoms with Crippen molar-refractivity contribution < 1.29 is 23.5 Å². The van der Waals surface area contributed by atoms with Crippen LogP contribution in [0.4, 0.5) is 14.9 Å². The molecule has 1 aliphatic heterocycles. The van der Waals surface area contributed by atoms with E-state index in [0.29, 0.717) is 28.0 Å². The summed E-state index contributed by atoms with van der Waals surface area (Å²) in [4.78, 5) is 36.0. The third-order valence-electron chi connectivity index (χ3n) is 6.88. The van der Waals surface area contributed by atoms with Crippen molar-refractivity contribution >= 4 is 28.6 Å². The van der Waals surface area contributed by atoms with E-state index in [1.54, 1.807) is 37.6 Å². The molecule has 0 saturated carbocycles. The molecule has 5 rings (SSSR count). The third-order valence-corrected chi connectivity index (χ3v) is 6.88. The summed E-state index contributed by atoms with van der Waals surface area (Å²) >= 11 is 0. The molecule has 10 nitrogen and oxygen atoms in total. The monoisotopic (exact) mass is 560 g/mol. The van der Waals surface area contributed by atoms with E-state index < -0.39 is 29.7 Å². The Morgan fingerprint density at radius 2 is 1.85 bits per heavy atom. The molecule has 0 bridgehead atoms. The van der Waals surface area contributed by atoms with Crippen molar-refractivity contribution in [3.8, 4) is 28.3 Å². The molecule has 2 aromatic heterocycles. The Kier molecular flexibility index (Phi) is 7.61. The van der Waals surface area contributed by atoms with E-state index in [1.807, 2.05) is 43.6 Å². The summed E-state index contributed by atoms with van der Waals surface area (Å²) in [5.41, 5.74) is 3.41. The van der Waals surface area contributed by atoms with E-state index in [9.17, 15) is 9.59 Å². The fourth-order valence-electron chi connectivity index (χ4n) is 4.95. The molecule has 214 valence electrons. The number of rotatable bonds is 5. The summed E-state index contributed by atoms with van der Waals surface area (Å²) in [5.74, 6) is -1.06. The van der Waals surface area contributed by atoms with E-state index in [1.165, 1.54) is 18.3 Å². The molecule has 4 aromatic rings. The van der Waals surface area contributed by atoms with Crippen molar-refractivity contribution in [3.05, 3.63) is 55.0 Å². The van der Waals surface area contributed by atoms with E-state index in [4.69, 9.17) is 9.47 Å². The molecule has 1 fully saturated rings. The van der Waals surface area contributed by atoms with Crippen LogP contribution in [-0.2, 0) is 16.6 Å². The topological polar surface area (TPSA) is 111 Å². The first-order chi connectivity index (χ1) is 19.5. The van der Waals surface area contributed by atoms with Crippen LogP contribution in [0.3, 0.4) is 0 Å². The number of anilines is 1. The van der Waals surface area contributed by atoms with Crippen LogP contribution in [0.5, 0.6) is 5.75 Å². The lowest BCUT2D eigenvalue weighted by Gasteiger charge is -2.35. The second kappa shape index (κ2) is 11.1. The van der Waals surface area contributed by atoms with E-state index in [-0.39, 0.29) is 19.5 Å². The van der Waals surface area contributed by atoms with Gasteiger partial charge in [-0.1, -0.05) is 30.3 Å². The number of amides is 2. The molecule has 0 aliphatic carbocycles. The van der Waals surface area contributed by atoms with Crippen LogP contribution < -0.4 is 10.1 Å². The minimum atomic E-state index is -1.55. The van der Waals surface area contributed by atoms with Crippen LogP contribution in [0, 0.1) is 5.92 Å². The quantitative estimate of drug-likeness (QED) is 0.355. The summed E-state index contributed by atoms with van der Waals surface area (Å²) in [7, 11) is 3.33. The molecule has 0 unspecified atom stereocenters. The highest BCUT2D eigenvalue weighted by Gasteiger charge is 2.37. The summed E-state index contributed by atoms with van der Waals surface area (Å²) in [6.07, 6.45) is 1.38. The van der Waals surface area contributed by atoms with E-state index in [2.05, 4.69) is 20.4 Å². The number of halogens is 1. The average molecular weight is 561 g/mol. The number of nitrogens with one attached hydrogen (secondary N) is 1. The molecule has 1 aliphatic rings. The first kappa shape index (κ1) is 28.0. The first-order valence-corrected chi connectivity index (χ1v) is 13.4. The summed E-state index contributed by atoms with van der Waals surface area (Å²) in [6.45, 7) is 5.25. The minimum Gasteiger partial charge on any atom is -0.494 e. The standard InChI is InChI=1S/C30H33FN6O4/c1-30(2,3)41-29(39)37-12-11-19(22(31)16-37)28(38)34-24-13-20-23(14-25(24)40-5)32-17-33-27(20)21-15-36(4)35-26(21)18-9-7-6-8-10-18/h6-10,13-15,17,19,22H,11-12,16H2,1-5H3,(H,34,38)/t19-,22-/m0/s1. The van der Waals surface area contributed by atoms with Crippen molar-refractivity contribution in [2.45, 2.75) is 39.0 Å². The zero-order valence-corrected chi connectivity index (χ0v) is 23.7. The van der Waals surface area contributed by atoms with Gasteiger partial charge in [0.25, 0.3) is 0 Å². The number of likely N-dealkylation sites (tertiary alicyclic amines) is 1. The minimum absolute atomic E-state index is 0.159. The van der Waals surface area contributed by atoms with Crippen LogP contribution in [0.15, 0.2) is 55.0 Å². The van der Waals surface area contributed by atoms with Crippen molar-refractivity contribution in [3.63, 3.8) is 0 Å². The molecule has 11 heteroatoms. The number of methoxy groups -OCH3 is 1. The third kappa shape index (κ3) is 5.98. The lowest BCUT2D eigenvalue weighted by Crippen LogP contribution is -2.49. The van der Waals surface area contributed by atoms with Gasteiger partial charge in [-0.25, -0.2) is 19.2 Å². The van der Waals surface area contributed by atoms with Gasteiger partial charge in [0, 0.05) is 42.4 Å². The first-order valence-electron chi connectivity index (χ1n) is 13.4.